The molecule has 1 atom stereocenters. The fraction of sp³-hybridized carbons (Fsp3) is 0.278. The van der Waals surface area contributed by atoms with Crippen LogP contribution in [0.3, 0.4) is 0 Å². The first-order valence-electron chi connectivity index (χ1n) is 7.30. The Morgan fingerprint density at radius 1 is 1.24 bits per heavy atom. The topological polar surface area (TPSA) is 46.3 Å². The Labute approximate surface area is 125 Å². The number of carbonyl (C=O) groups is 1. The number of fused-ring (bicyclic) bond motifs is 1. The van der Waals surface area contributed by atoms with Crippen LogP contribution in [-0.4, -0.2) is 11.9 Å². The summed E-state index contributed by atoms with van der Waals surface area (Å²) in [7, 11) is 0. The van der Waals surface area contributed by atoms with E-state index in [0.29, 0.717) is 6.42 Å². The van der Waals surface area contributed by atoms with Gasteiger partial charge in [-0.25, -0.2) is 0 Å². The highest BCUT2D eigenvalue weighted by atomic mass is 16.2. The number of carbonyl (C=O) groups excluding carboxylic acids is 1. The van der Waals surface area contributed by atoms with Gasteiger partial charge in [0, 0.05) is 17.4 Å². The molecule has 2 aromatic rings. The quantitative estimate of drug-likeness (QED) is 0.859. The first kappa shape index (κ1) is 13.7. The smallest absolute Gasteiger partial charge is 0.231 e. The Morgan fingerprint density at radius 3 is 2.67 bits per heavy atom. The number of amides is 1. The summed E-state index contributed by atoms with van der Waals surface area (Å²) in [5, 5.41) is 0. The lowest BCUT2D eigenvalue weighted by atomic mass is 10.1. The van der Waals surface area contributed by atoms with Crippen molar-refractivity contribution in [1.29, 1.82) is 0 Å². The van der Waals surface area contributed by atoms with Crippen molar-refractivity contribution >= 4 is 17.3 Å². The molecule has 0 bridgehead atoms. The van der Waals surface area contributed by atoms with Crippen molar-refractivity contribution in [2.45, 2.75) is 32.7 Å². The molecule has 0 aromatic heterocycles. The van der Waals surface area contributed by atoms with E-state index >= 15 is 0 Å². The second-order valence-electron chi connectivity index (χ2n) is 5.87. The lowest BCUT2D eigenvalue weighted by Gasteiger charge is -2.23. The van der Waals surface area contributed by atoms with Crippen LogP contribution in [0, 0.1) is 6.92 Å². The van der Waals surface area contributed by atoms with Crippen LogP contribution in [-0.2, 0) is 17.6 Å². The fourth-order valence-electron chi connectivity index (χ4n) is 3.00. The number of hydrogen-bond donors (Lipinski definition) is 1. The molecule has 1 heterocycles. The van der Waals surface area contributed by atoms with Gasteiger partial charge >= 0.3 is 0 Å². The number of nitrogens with zero attached hydrogens (tertiary/aromatic N) is 1. The van der Waals surface area contributed by atoms with Crippen molar-refractivity contribution in [3.8, 4) is 0 Å². The molecule has 2 N–H and O–H groups in total. The minimum Gasteiger partial charge on any atom is -0.399 e. The summed E-state index contributed by atoms with van der Waals surface area (Å²) in [6, 6.07) is 14.1. The predicted molar refractivity (Wildman–Crippen MR) is 86.4 cm³/mol. The summed E-state index contributed by atoms with van der Waals surface area (Å²) in [4.78, 5) is 14.6. The van der Waals surface area contributed by atoms with Gasteiger partial charge in [-0.1, -0.05) is 29.8 Å². The van der Waals surface area contributed by atoms with Crippen LogP contribution in [0.1, 0.15) is 23.6 Å². The maximum atomic E-state index is 12.7. The molecule has 3 heteroatoms. The SMILES string of the molecule is Cc1ccc(CC(=O)N2c3ccc(N)cc3CC2C)cc1. The highest BCUT2D eigenvalue weighted by molar-refractivity contribution is 5.97. The number of hydrogen-bond acceptors (Lipinski definition) is 2. The van der Waals surface area contributed by atoms with Gasteiger partial charge in [0.15, 0.2) is 0 Å². The monoisotopic (exact) mass is 280 g/mol. The van der Waals surface area contributed by atoms with Crippen LogP contribution in [0.2, 0.25) is 0 Å². The van der Waals surface area contributed by atoms with Crippen LogP contribution in [0.4, 0.5) is 11.4 Å². The summed E-state index contributed by atoms with van der Waals surface area (Å²) >= 11 is 0. The molecule has 0 aliphatic carbocycles. The maximum Gasteiger partial charge on any atom is 0.231 e. The Bertz CT molecular complexity index is 676. The van der Waals surface area contributed by atoms with E-state index in [1.54, 1.807) is 0 Å². The van der Waals surface area contributed by atoms with E-state index < -0.39 is 0 Å². The molecule has 1 aliphatic rings. The third kappa shape index (κ3) is 2.64. The molecule has 108 valence electrons. The van der Waals surface area contributed by atoms with Crippen molar-refractivity contribution in [1.82, 2.24) is 0 Å². The van der Waals surface area contributed by atoms with Crippen molar-refractivity contribution in [3.63, 3.8) is 0 Å². The van der Waals surface area contributed by atoms with E-state index in [0.717, 1.165) is 23.4 Å². The molecule has 3 nitrogen and oxygen atoms in total. The molecule has 1 aliphatic heterocycles. The van der Waals surface area contributed by atoms with E-state index in [4.69, 9.17) is 5.73 Å². The summed E-state index contributed by atoms with van der Waals surface area (Å²) in [5.74, 6) is 0.148. The van der Waals surface area contributed by atoms with E-state index in [9.17, 15) is 4.79 Å². The first-order chi connectivity index (χ1) is 10.0. The minimum atomic E-state index is 0.148. The largest absolute Gasteiger partial charge is 0.399 e. The average Bonchev–Trinajstić information content (AvgIpc) is 2.76. The number of aryl methyl sites for hydroxylation is 1. The maximum absolute atomic E-state index is 12.7. The molecule has 1 unspecified atom stereocenters. The van der Waals surface area contributed by atoms with Crippen molar-refractivity contribution in [3.05, 3.63) is 59.2 Å². The molecule has 0 radical (unpaired) electrons. The Kier molecular flexibility index (Phi) is 3.42. The van der Waals surface area contributed by atoms with Gasteiger partial charge < -0.3 is 10.6 Å². The number of benzene rings is 2. The third-order valence-electron chi connectivity index (χ3n) is 4.06. The van der Waals surface area contributed by atoms with Crippen LogP contribution in [0.5, 0.6) is 0 Å². The van der Waals surface area contributed by atoms with Crippen LogP contribution in [0.25, 0.3) is 0 Å². The third-order valence-corrected chi connectivity index (χ3v) is 4.06. The minimum absolute atomic E-state index is 0.148. The summed E-state index contributed by atoms with van der Waals surface area (Å²) in [5.41, 5.74) is 11.0. The number of nitrogens with two attached hydrogens (primary N) is 1. The Hall–Kier alpha value is -2.29. The Balaban J connectivity index is 1.83. The predicted octanol–water partition coefficient (Wildman–Crippen LogP) is 3.10. The molecular formula is C18H20N2O. The van der Waals surface area contributed by atoms with E-state index in [1.165, 1.54) is 11.1 Å². The fourth-order valence-corrected chi connectivity index (χ4v) is 3.00. The van der Waals surface area contributed by atoms with Crippen LogP contribution < -0.4 is 10.6 Å². The van der Waals surface area contributed by atoms with Gasteiger partial charge in [0.1, 0.15) is 0 Å². The average molecular weight is 280 g/mol. The molecule has 3 rings (SSSR count). The Morgan fingerprint density at radius 2 is 1.95 bits per heavy atom. The van der Waals surface area contributed by atoms with Gasteiger partial charge in [0.25, 0.3) is 0 Å². The van der Waals surface area contributed by atoms with Crippen molar-refractivity contribution in [2.75, 3.05) is 10.6 Å². The van der Waals surface area contributed by atoms with Gasteiger partial charge in [-0.05, 0) is 49.6 Å². The summed E-state index contributed by atoms with van der Waals surface area (Å²) in [6.07, 6.45) is 1.31. The molecule has 0 saturated carbocycles. The van der Waals surface area contributed by atoms with Gasteiger partial charge in [-0.15, -0.1) is 0 Å². The van der Waals surface area contributed by atoms with E-state index in [1.807, 2.05) is 47.4 Å². The van der Waals surface area contributed by atoms with E-state index in [2.05, 4.69) is 13.8 Å². The zero-order valence-corrected chi connectivity index (χ0v) is 12.5. The summed E-state index contributed by atoms with van der Waals surface area (Å²) in [6.45, 7) is 4.14. The zero-order chi connectivity index (χ0) is 15.0. The van der Waals surface area contributed by atoms with Crippen molar-refractivity contribution < 1.29 is 4.79 Å². The molecule has 1 amide bonds. The molecule has 2 aromatic carbocycles. The van der Waals surface area contributed by atoms with Crippen LogP contribution in [0.15, 0.2) is 42.5 Å². The lowest BCUT2D eigenvalue weighted by Crippen LogP contribution is -2.36. The van der Waals surface area contributed by atoms with Crippen LogP contribution >= 0.6 is 0 Å². The second kappa shape index (κ2) is 5.24. The van der Waals surface area contributed by atoms with E-state index in [-0.39, 0.29) is 11.9 Å². The summed E-state index contributed by atoms with van der Waals surface area (Å²) < 4.78 is 0. The molecule has 21 heavy (non-hydrogen) atoms. The van der Waals surface area contributed by atoms with Crippen molar-refractivity contribution in [2.24, 2.45) is 0 Å². The number of nitrogen functional groups attached to an aromatic ring is 1. The normalized spacial score (nSPS) is 16.9. The standard InChI is InChI=1S/C18H20N2O/c1-12-3-5-14(6-4-12)10-18(21)20-13(2)9-15-11-16(19)7-8-17(15)20/h3-8,11,13H,9-10,19H2,1-2H3. The first-order valence-corrected chi connectivity index (χ1v) is 7.30. The molecular weight excluding hydrogens is 260 g/mol. The molecule has 0 fully saturated rings. The van der Waals surface area contributed by atoms with Gasteiger partial charge in [0.05, 0.1) is 6.42 Å². The van der Waals surface area contributed by atoms with Gasteiger partial charge in [0.2, 0.25) is 5.91 Å². The highest BCUT2D eigenvalue weighted by Crippen LogP contribution is 2.33. The highest BCUT2D eigenvalue weighted by Gasteiger charge is 2.30. The zero-order valence-electron chi connectivity index (χ0n) is 12.5. The number of anilines is 2. The lowest BCUT2D eigenvalue weighted by molar-refractivity contribution is -0.118. The van der Waals surface area contributed by atoms with Gasteiger partial charge in [-0.3, -0.25) is 4.79 Å². The molecule has 0 saturated heterocycles. The molecule has 0 spiro atoms. The van der Waals surface area contributed by atoms with Gasteiger partial charge in [-0.2, -0.15) is 0 Å². The number of rotatable bonds is 2. The second-order valence-corrected chi connectivity index (χ2v) is 5.87.